The van der Waals surface area contributed by atoms with E-state index in [9.17, 15) is 4.79 Å². The van der Waals surface area contributed by atoms with Crippen LogP contribution in [0.2, 0.25) is 0 Å². The molecule has 1 aromatic carbocycles. The number of halogens is 2. The number of carbonyl (C=O) groups excluding carboxylic acids is 1. The maximum Gasteiger partial charge on any atom is 0.493 e. The lowest BCUT2D eigenvalue weighted by atomic mass is 10.1. The molecule has 2 unspecified atom stereocenters. The van der Waals surface area contributed by atoms with E-state index in [4.69, 9.17) is 13.6 Å². The predicted molar refractivity (Wildman–Crippen MR) is 73.3 cm³/mol. The van der Waals surface area contributed by atoms with Crippen LogP contribution in [0.25, 0.3) is 0 Å². The van der Waals surface area contributed by atoms with Crippen molar-refractivity contribution < 1.29 is 35.3 Å². The summed E-state index contributed by atoms with van der Waals surface area (Å²) in [5.74, 6) is 1.45. The maximum absolute atomic E-state index is 12.0. The Kier molecular flexibility index (Phi) is 3.58. The fraction of sp³-hybridized carbons (Fsp3) is 0.308. The van der Waals surface area contributed by atoms with E-state index < -0.39 is 14.0 Å². The van der Waals surface area contributed by atoms with Crippen molar-refractivity contribution >= 4 is 29.8 Å². The first-order valence-corrected chi connectivity index (χ1v) is 8.48. The number of benzene rings is 1. The van der Waals surface area contributed by atoms with Crippen LogP contribution in [0.15, 0.2) is 40.6 Å². The Hall–Kier alpha value is -0.260. The van der Waals surface area contributed by atoms with Crippen LogP contribution in [-0.4, -0.2) is 11.6 Å². The first-order chi connectivity index (χ1) is 9.13. The highest BCUT2D eigenvalue weighted by Crippen LogP contribution is 2.80. The van der Waals surface area contributed by atoms with Gasteiger partial charge in [0.05, 0.1) is 4.48 Å². The minimum absolute atomic E-state index is 0. The molecule has 4 rings (SSSR count). The van der Waals surface area contributed by atoms with Crippen molar-refractivity contribution in [1.29, 1.82) is 0 Å². The van der Waals surface area contributed by atoms with Crippen molar-refractivity contribution in [2.75, 3.05) is 0 Å². The molecule has 20 heavy (non-hydrogen) atoms. The summed E-state index contributed by atoms with van der Waals surface area (Å²) in [6, 6.07) is 9.36. The summed E-state index contributed by atoms with van der Waals surface area (Å²) in [5, 5.41) is 0. The summed E-state index contributed by atoms with van der Waals surface area (Å²) in [4.78, 5) is 12.0. The predicted octanol–water partition coefficient (Wildman–Crippen LogP) is 0.867. The molecule has 0 N–H and O–H groups in total. The van der Waals surface area contributed by atoms with Crippen LogP contribution in [0.5, 0.6) is 0 Å². The fourth-order valence-corrected chi connectivity index (χ4v) is 6.09. The topological polar surface area (TPSA) is 44.8 Å². The van der Waals surface area contributed by atoms with Crippen LogP contribution < -0.4 is 17.0 Å². The SMILES string of the molecule is O=C1O[P+]2(C=C(Br)C3(CC3)O2)OC1c1ccccc1.[Br-]. The molecule has 4 nitrogen and oxygen atoms in total. The summed E-state index contributed by atoms with van der Waals surface area (Å²) in [5.41, 5.74) is 0.522. The lowest BCUT2D eigenvalue weighted by molar-refractivity contribution is -0.136. The van der Waals surface area contributed by atoms with Gasteiger partial charge in [-0.3, -0.25) is 0 Å². The number of carbonyl (C=O) groups is 1. The standard InChI is InChI=1S/C13H11BrO4P.BrH/c14-10-8-19(18-13(10)6-7-13)16-11(12(15)17-19)9-4-2-1-3-5-9;/h1-5,8,11H,6-7H2;1H/q+1;/p-1. The van der Waals surface area contributed by atoms with E-state index in [2.05, 4.69) is 15.9 Å². The Labute approximate surface area is 136 Å². The number of hydrogen-bond donors (Lipinski definition) is 0. The zero-order chi connectivity index (χ0) is 13.1. The molecule has 0 bridgehead atoms. The molecule has 106 valence electrons. The fourth-order valence-electron chi connectivity index (χ4n) is 2.32. The van der Waals surface area contributed by atoms with Crippen molar-refractivity contribution in [2.24, 2.45) is 0 Å². The molecule has 0 amide bonds. The van der Waals surface area contributed by atoms with Crippen molar-refractivity contribution in [3.8, 4) is 0 Å². The van der Waals surface area contributed by atoms with E-state index in [1.807, 2.05) is 36.1 Å². The van der Waals surface area contributed by atoms with Crippen LogP contribution in [0.3, 0.4) is 0 Å². The largest absolute Gasteiger partial charge is 1.00 e. The van der Waals surface area contributed by atoms with Gasteiger partial charge in [0.25, 0.3) is 0 Å². The number of rotatable bonds is 1. The second-order valence-corrected chi connectivity index (χ2v) is 7.68. The van der Waals surface area contributed by atoms with Crippen LogP contribution in [-0.2, 0) is 18.4 Å². The Morgan fingerprint density at radius 3 is 2.55 bits per heavy atom. The van der Waals surface area contributed by atoms with Gasteiger partial charge in [-0.15, -0.1) is 4.52 Å². The smallest absolute Gasteiger partial charge is 0.493 e. The van der Waals surface area contributed by atoms with Crippen molar-refractivity contribution in [1.82, 2.24) is 0 Å². The van der Waals surface area contributed by atoms with E-state index in [0.29, 0.717) is 0 Å². The van der Waals surface area contributed by atoms with Gasteiger partial charge in [-0.05, 0) is 34.3 Å². The van der Waals surface area contributed by atoms with Gasteiger partial charge in [0.2, 0.25) is 6.10 Å². The molecule has 7 heteroatoms. The van der Waals surface area contributed by atoms with Crippen LogP contribution >= 0.6 is 23.9 Å². The van der Waals surface area contributed by atoms with E-state index >= 15 is 0 Å². The average Bonchev–Trinajstić information content (AvgIpc) is 3.02. The van der Waals surface area contributed by atoms with Crippen LogP contribution in [0.1, 0.15) is 24.5 Å². The molecule has 2 heterocycles. The first-order valence-electron chi connectivity index (χ1n) is 6.08. The van der Waals surface area contributed by atoms with Gasteiger partial charge in [-0.1, -0.05) is 30.3 Å². The molecule has 3 aliphatic rings. The molecule has 1 aromatic rings. The minimum atomic E-state index is -2.65. The Morgan fingerprint density at radius 1 is 1.25 bits per heavy atom. The molecule has 0 aromatic heterocycles. The molecule has 1 aliphatic carbocycles. The van der Waals surface area contributed by atoms with E-state index in [1.54, 1.807) is 0 Å². The van der Waals surface area contributed by atoms with Gasteiger partial charge in [0.1, 0.15) is 0 Å². The quantitative estimate of drug-likeness (QED) is 0.631. The third-order valence-electron chi connectivity index (χ3n) is 3.50. The monoisotopic (exact) mass is 420 g/mol. The molecular formula is C13H11Br2O4P. The molecule has 2 aliphatic heterocycles. The van der Waals surface area contributed by atoms with Crippen LogP contribution in [0, 0.1) is 0 Å². The highest BCUT2D eigenvalue weighted by molar-refractivity contribution is 9.11. The zero-order valence-electron chi connectivity index (χ0n) is 10.3. The zero-order valence-corrected chi connectivity index (χ0v) is 14.4. The molecular weight excluding hydrogens is 411 g/mol. The van der Waals surface area contributed by atoms with Gasteiger partial charge < -0.3 is 17.0 Å². The van der Waals surface area contributed by atoms with Gasteiger partial charge >= 0.3 is 13.9 Å². The number of hydrogen-bond acceptors (Lipinski definition) is 4. The molecule has 1 saturated carbocycles. The van der Waals surface area contributed by atoms with E-state index in [-0.39, 0.29) is 28.6 Å². The minimum Gasteiger partial charge on any atom is -1.00 e. The molecule has 2 atom stereocenters. The summed E-state index contributed by atoms with van der Waals surface area (Å²) < 4.78 is 18.2. The van der Waals surface area contributed by atoms with Crippen molar-refractivity contribution in [3.63, 3.8) is 0 Å². The Morgan fingerprint density at radius 2 is 1.95 bits per heavy atom. The highest BCUT2D eigenvalue weighted by atomic mass is 79.9. The lowest BCUT2D eigenvalue weighted by Crippen LogP contribution is -3.00. The second kappa shape index (κ2) is 4.89. The van der Waals surface area contributed by atoms with Gasteiger partial charge in [-0.25, -0.2) is 9.32 Å². The van der Waals surface area contributed by atoms with Gasteiger partial charge in [0.15, 0.2) is 11.4 Å². The maximum atomic E-state index is 12.0. The normalized spacial score (nSPS) is 33.0. The second-order valence-electron chi connectivity index (χ2n) is 4.91. The highest BCUT2D eigenvalue weighted by Gasteiger charge is 2.72. The Balaban J connectivity index is 0.00000121. The summed E-state index contributed by atoms with van der Waals surface area (Å²) in [6.45, 7) is 0. The molecule has 2 fully saturated rings. The summed E-state index contributed by atoms with van der Waals surface area (Å²) in [7, 11) is -2.65. The average molecular weight is 422 g/mol. The molecule has 0 radical (unpaired) electrons. The summed E-state index contributed by atoms with van der Waals surface area (Å²) >= 11 is 3.50. The lowest BCUT2D eigenvalue weighted by Gasteiger charge is -2.09. The summed E-state index contributed by atoms with van der Waals surface area (Å²) in [6.07, 6.45) is 1.21. The van der Waals surface area contributed by atoms with Gasteiger partial charge in [-0.2, -0.15) is 4.52 Å². The van der Waals surface area contributed by atoms with E-state index in [1.165, 1.54) is 0 Å². The third-order valence-corrected chi connectivity index (χ3v) is 6.92. The third kappa shape index (κ3) is 2.18. The molecule has 2 spiro atoms. The Bertz CT molecular complexity index is 587. The first kappa shape index (κ1) is 14.7. The van der Waals surface area contributed by atoms with E-state index in [0.717, 1.165) is 22.9 Å². The van der Waals surface area contributed by atoms with Crippen LogP contribution in [0.4, 0.5) is 0 Å². The van der Waals surface area contributed by atoms with Gasteiger partial charge in [0, 0.05) is 0 Å². The van der Waals surface area contributed by atoms with Crippen molar-refractivity contribution in [3.05, 3.63) is 46.2 Å². The molecule has 1 saturated heterocycles. The van der Waals surface area contributed by atoms with Crippen molar-refractivity contribution in [2.45, 2.75) is 24.5 Å².